The molecule has 2 N–H and O–H groups in total. The Bertz CT molecular complexity index is 670. The molecule has 2 atom stereocenters. The fraction of sp³-hybridized carbons (Fsp3) is 0.400. The smallest absolute Gasteiger partial charge is 0.137 e. The molecule has 26 heavy (non-hydrogen) atoms. The van der Waals surface area contributed by atoms with Crippen LogP contribution in [0.1, 0.15) is 24.1 Å². The molecule has 0 radical (unpaired) electrons. The van der Waals surface area contributed by atoms with Crippen molar-refractivity contribution in [1.82, 2.24) is 9.80 Å². The molecule has 2 aromatic carbocycles. The van der Waals surface area contributed by atoms with Gasteiger partial charge in [-0.25, -0.2) is 8.78 Å². The monoisotopic (exact) mass is 362 g/mol. The van der Waals surface area contributed by atoms with Crippen molar-refractivity contribution in [2.75, 3.05) is 26.2 Å². The van der Waals surface area contributed by atoms with Crippen molar-refractivity contribution in [3.8, 4) is 0 Å². The average Bonchev–Trinajstić information content (AvgIpc) is 3.36. The molecular formula is C20H24F2N2O2. The van der Waals surface area contributed by atoms with Gasteiger partial charge < -0.3 is 10.2 Å². The molecule has 2 aromatic rings. The number of nitrogens with zero attached hydrogens (tertiary/aromatic N) is 2. The van der Waals surface area contributed by atoms with E-state index < -0.39 is 0 Å². The average molecular weight is 362 g/mol. The number of piperazine rings is 1. The fourth-order valence-electron chi connectivity index (χ4n) is 3.71. The summed E-state index contributed by atoms with van der Waals surface area (Å²) in [5.74, 6) is -0.488. The largest absolute Gasteiger partial charge is 0.412 e. The number of hydrogen-bond donors (Lipinski definition) is 0. The van der Waals surface area contributed by atoms with Crippen LogP contribution in [0.3, 0.4) is 0 Å². The first kappa shape index (κ1) is 18.9. The van der Waals surface area contributed by atoms with Crippen LogP contribution >= 0.6 is 0 Å². The molecule has 4 nitrogen and oxygen atoms in total. The van der Waals surface area contributed by atoms with E-state index in [9.17, 15) is 8.78 Å². The maximum atomic E-state index is 13.3. The Hall–Kier alpha value is -1.86. The van der Waals surface area contributed by atoms with Gasteiger partial charge in [-0.05, 0) is 42.3 Å². The van der Waals surface area contributed by atoms with Crippen molar-refractivity contribution < 1.29 is 19.0 Å². The Labute approximate surface area is 152 Å². The molecule has 0 saturated carbocycles. The highest BCUT2D eigenvalue weighted by molar-refractivity contribution is 5.32. The number of benzene rings is 2. The zero-order valence-corrected chi connectivity index (χ0v) is 14.7. The Balaban J connectivity index is 0.00000196. The van der Waals surface area contributed by atoms with Crippen LogP contribution in [0.5, 0.6) is 0 Å². The highest BCUT2D eigenvalue weighted by Gasteiger charge is 2.41. The van der Waals surface area contributed by atoms with E-state index in [2.05, 4.69) is 16.7 Å². The van der Waals surface area contributed by atoms with Gasteiger partial charge >= 0.3 is 0 Å². The van der Waals surface area contributed by atoms with Gasteiger partial charge in [-0.15, -0.1) is 0 Å². The van der Waals surface area contributed by atoms with Crippen LogP contribution in [-0.4, -0.2) is 53.8 Å². The lowest BCUT2D eigenvalue weighted by Crippen LogP contribution is -2.49. The third kappa shape index (κ3) is 3.94. The van der Waals surface area contributed by atoms with Crippen molar-refractivity contribution in [3.63, 3.8) is 0 Å². The van der Waals surface area contributed by atoms with Crippen LogP contribution in [0.4, 0.5) is 8.78 Å². The summed E-state index contributed by atoms with van der Waals surface area (Å²) in [6.07, 6.45) is 0.591. The van der Waals surface area contributed by atoms with Gasteiger partial charge in [0.25, 0.3) is 0 Å². The van der Waals surface area contributed by atoms with Crippen molar-refractivity contribution in [2.45, 2.75) is 25.3 Å². The number of hydrogen-bond acceptors (Lipinski definition) is 3. The van der Waals surface area contributed by atoms with Crippen LogP contribution in [0.15, 0.2) is 48.5 Å². The van der Waals surface area contributed by atoms with E-state index in [-0.39, 0.29) is 29.4 Å². The topological polar surface area (TPSA) is 50.5 Å². The maximum Gasteiger partial charge on any atom is 0.137 e. The molecule has 0 amide bonds. The van der Waals surface area contributed by atoms with E-state index in [0.29, 0.717) is 6.10 Å². The molecule has 2 aliphatic heterocycles. The van der Waals surface area contributed by atoms with Crippen LogP contribution in [0.25, 0.3) is 0 Å². The molecule has 2 unspecified atom stereocenters. The molecule has 6 heteroatoms. The minimum Gasteiger partial charge on any atom is -0.412 e. The van der Waals surface area contributed by atoms with Crippen LogP contribution < -0.4 is 0 Å². The Morgan fingerprint density at radius 1 is 0.846 bits per heavy atom. The zero-order valence-electron chi connectivity index (χ0n) is 14.7. The molecule has 2 heterocycles. The van der Waals surface area contributed by atoms with Crippen LogP contribution in [-0.2, 0) is 4.74 Å². The van der Waals surface area contributed by atoms with Crippen molar-refractivity contribution in [1.29, 1.82) is 0 Å². The molecule has 2 fully saturated rings. The van der Waals surface area contributed by atoms with Gasteiger partial charge in [-0.2, -0.15) is 0 Å². The molecule has 2 aliphatic rings. The minimum absolute atomic E-state index is 0. The second-order valence-electron chi connectivity index (χ2n) is 6.81. The summed E-state index contributed by atoms with van der Waals surface area (Å²) in [6, 6.07) is 13.2. The lowest BCUT2D eigenvalue weighted by molar-refractivity contribution is 0.0756. The van der Waals surface area contributed by atoms with Gasteiger partial charge in [0, 0.05) is 26.2 Å². The molecular weight excluding hydrogens is 338 g/mol. The molecule has 140 valence electrons. The second-order valence-corrected chi connectivity index (χ2v) is 6.81. The first-order valence-electron chi connectivity index (χ1n) is 8.76. The molecule has 4 rings (SSSR count). The Kier molecular flexibility index (Phi) is 5.67. The van der Waals surface area contributed by atoms with E-state index in [0.717, 1.165) is 37.3 Å². The van der Waals surface area contributed by atoms with Gasteiger partial charge in [-0.1, -0.05) is 24.3 Å². The van der Waals surface area contributed by atoms with E-state index in [1.165, 1.54) is 24.3 Å². The summed E-state index contributed by atoms with van der Waals surface area (Å²) >= 11 is 0. The zero-order chi connectivity index (χ0) is 17.4. The highest BCUT2D eigenvalue weighted by Crippen LogP contribution is 2.32. The Morgan fingerprint density at radius 2 is 1.27 bits per heavy atom. The minimum atomic E-state index is -0.244. The van der Waals surface area contributed by atoms with E-state index in [1.54, 1.807) is 0 Å². The SMILES string of the molecule is CC1OC1N1CCN(C(c2ccc(F)cc2)c2ccc(F)cc2)CC1.O. The quantitative estimate of drug-likeness (QED) is 0.786. The second kappa shape index (κ2) is 7.80. The summed E-state index contributed by atoms with van der Waals surface area (Å²) in [7, 11) is 0. The van der Waals surface area contributed by atoms with Crippen molar-refractivity contribution in [3.05, 3.63) is 71.3 Å². The van der Waals surface area contributed by atoms with E-state index >= 15 is 0 Å². The third-order valence-corrected chi connectivity index (χ3v) is 5.12. The number of halogens is 2. The van der Waals surface area contributed by atoms with Gasteiger partial charge in [0.05, 0.1) is 12.1 Å². The van der Waals surface area contributed by atoms with Crippen molar-refractivity contribution >= 4 is 0 Å². The lowest BCUT2D eigenvalue weighted by Gasteiger charge is -2.39. The number of rotatable bonds is 4. The van der Waals surface area contributed by atoms with Crippen LogP contribution in [0.2, 0.25) is 0 Å². The molecule has 0 bridgehead atoms. The Morgan fingerprint density at radius 3 is 1.65 bits per heavy atom. The first-order chi connectivity index (χ1) is 12.1. The molecule has 0 aliphatic carbocycles. The predicted octanol–water partition coefficient (Wildman–Crippen LogP) is 2.59. The summed E-state index contributed by atoms with van der Waals surface area (Å²) in [4.78, 5) is 4.75. The predicted molar refractivity (Wildman–Crippen MR) is 95.7 cm³/mol. The van der Waals surface area contributed by atoms with Gasteiger partial charge in [0.15, 0.2) is 0 Å². The van der Waals surface area contributed by atoms with Crippen LogP contribution in [0, 0.1) is 11.6 Å². The third-order valence-electron chi connectivity index (χ3n) is 5.12. The van der Waals surface area contributed by atoms with Gasteiger partial charge in [-0.3, -0.25) is 9.80 Å². The highest BCUT2D eigenvalue weighted by atomic mass is 19.1. The van der Waals surface area contributed by atoms with E-state index in [1.807, 2.05) is 24.3 Å². The van der Waals surface area contributed by atoms with Crippen molar-refractivity contribution in [2.24, 2.45) is 0 Å². The molecule has 0 spiro atoms. The summed E-state index contributed by atoms with van der Waals surface area (Å²) in [6.45, 7) is 5.76. The summed E-state index contributed by atoms with van der Waals surface area (Å²) < 4.78 is 32.3. The number of ether oxygens (including phenoxy) is 1. The maximum absolute atomic E-state index is 13.3. The van der Waals surface area contributed by atoms with Gasteiger partial charge in [0.2, 0.25) is 0 Å². The molecule has 2 saturated heterocycles. The normalized spacial score (nSPS) is 23.7. The summed E-state index contributed by atoms with van der Waals surface area (Å²) in [5, 5.41) is 0. The first-order valence-corrected chi connectivity index (χ1v) is 8.76. The lowest BCUT2D eigenvalue weighted by atomic mass is 9.96. The summed E-state index contributed by atoms with van der Waals surface area (Å²) in [5.41, 5.74) is 2.05. The van der Waals surface area contributed by atoms with Gasteiger partial charge in [0.1, 0.15) is 17.9 Å². The fourth-order valence-corrected chi connectivity index (χ4v) is 3.71. The molecule has 0 aromatic heterocycles. The van der Waals surface area contributed by atoms with E-state index in [4.69, 9.17) is 4.74 Å². The standard InChI is InChI=1S/C20H22F2N2O.H2O/c1-14-20(25-14)24-12-10-23(11-13-24)19(15-2-6-17(21)7-3-15)16-4-8-18(22)9-5-16;/h2-9,14,19-20H,10-13H2,1H3;1H2. The number of epoxide rings is 1.